The summed E-state index contributed by atoms with van der Waals surface area (Å²) in [6, 6.07) is 6.18. The maximum absolute atomic E-state index is 11.6. The first-order valence-electron chi connectivity index (χ1n) is 5.74. The van der Waals surface area contributed by atoms with Gasteiger partial charge in [0.15, 0.2) is 0 Å². The predicted octanol–water partition coefficient (Wildman–Crippen LogP) is 2.60. The summed E-state index contributed by atoms with van der Waals surface area (Å²) >= 11 is 0. The van der Waals surface area contributed by atoms with Gasteiger partial charge in [-0.15, -0.1) is 6.58 Å². The van der Waals surface area contributed by atoms with E-state index in [1.54, 1.807) is 37.3 Å². The number of carbonyl (C=O) groups is 2. The van der Waals surface area contributed by atoms with Crippen LogP contribution in [0.4, 0.5) is 0 Å². The van der Waals surface area contributed by atoms with Crippen LogP contribution in [0.5, 0.6) is 0 Å². The van der Waals surface area contributed by atoms with Crippen molar-refractivity contribution in [1.29, 1.82) is 0 Å². The van der Waals surface area contributed by atoms with Crippen molar-refractivity contribution in [3.63, 3.8) is 0 Å². The van der Waals surface area contributed by atoms with Crippen LogP contribution in [-0.2, 0) is 9.47 Å². The van der Waals surface area contributed by atoms with Crippen LogP contribution in [0.1, 0.15) is 34.1 Å². The van der Waals surface area contributed by atoms with Gasteiger partial charge in [-0.2, -0.15) is 0 Å². The summed E-state index contributed by atoms with van der Waals surface area (Å²) in [4.78, 5) is 22.9. The Hall–Kier alpha value is -2.10. The van der Waals surface area contributed by atoms with E-state index in [1.807, 2.05) is 0 Å². The van der Waals surface area contributed by atoms with E-state index in [4.69, 9.17) is 9.47 Å². The first-order valence-corrected chi connectivity index (χ1v) is 5.74. The molecule has 1 aromatic carbocycles. The van der Waals surface area contributed by atoms with Crippen molar-refractivity contribution in [3.05, 3.63) is 48.0 Å². The molecule has 0 aliphatic heterocycles. The van der Waals surface area contributed by atoms with E-state index in [1.165, 1.54) is 0 Å². The number of ether oxygens (including phenoxy) is 2. The van der Waals surface area contributed by atoms with Crippen LogP contribution in [-0.4, -0.2) is 25.2 Å². The quantitative estimate of drug-likeness (QED) is 0.441. The van der Waals surface area contributed by atoms with Crippen molar-refractivity contribution in [2.24, 2.45) is 0 Å². The van der Waals surface area contributed by atoms with Gasteiger partial charge in [-0.05, 0) is 37.6 Å². The van der Waals surface area contributed by atoms with E-state index in [-0.39, 0.29) is 0 Å². The molecule has 0 saturated carbocycles. The molecular formula is C14H16O4. The van der Waals surface area contributed by atoms with E-state index in [0.29, 0.717) is 30.8 Å². The van der Waals surface area contributed by atoms with Crippen molar-refractivity contribution in [3.8, 4) is 0 Å². The number of esters is 2. The molecule has 0 amide bonds. The summed E-state index contributed by atoms with van der Waals surface area (Å²) in [6.07, 6.45) is 2.30. The molecule has 0 spiro atoms. The van der Waals surface area contributed by atoms with Gasteiger partial charge in [0, 0.05) is 0 Å². The highest BCUT2D eigenvalue weighted by atomic mass is 16.5. The minimum atomic E-state index is -0.410. The smallest absolute Gasteiger partial charge is 0.338 e. The van der Waals surface area contributed by atoms with Gasteiger partial charge in [-0.25, -0.2) is 9.59 Å². The molecule has 18 heavy (non-hydrogen) atoms. The van der Waals surface area contributed by atoms with Gasteiger partial charge in [-0.3, -0.25) is 0 Å². The zero-order valence-corrected chi connectivity index (χ0v) is 10.3. The van der Waals surface area contributed by atoms with E-state index in [9.17, 15) is 9.59 Å². The zero-order chi connectivity index (χ0) is 13.4. The fourth-order valence-electron chi connectivity index (χ4n) is 1.28. The van der Waals surface area contributed by atoms with Crippen LogP contribution < -0.4 is 0 Å². The van der Waals surface area contributed by atoms with Crippen LogP contribution in [0, 0.1) is 0 Å². The minimum absolute atomic E-state index is 0.308. The molecule has 1 rings (SSSR count). The van der Waals surface area contributed by atoms with E-state index in [2.05, 4.69) is 6.58 Å². The van der Waals surface area contributed by atoms with Gasteiger partial charge in [0.2, 0.25) is 0 Å². The Kier molecular flexibility index (Phi) is 5.64. The summed E-state index contributed by atoms with van der Waals surface area (Å²) in [6.45, 7) is 5.91. The topological polar surface area (TPSA) is 52.6 Å². The molecule has 0 radical (unpaired) electrons. The summed E-state index contributed by atoms with van der Waals surface area (Å²) < 4.78 is 9.83. The second-order valence-corrected chi connectivity index (χ2v) is 3.51. The number of carbonyl (C=O) groups excluding carboxylic acids is 2. The molecule has 0 unspecified atom stereocenters. The van der Waals surface area contributed by atoms with E-state index in [0.717, 1.165) is 0 Å². The molecule has 0 saturated heterocycles. The molecule has 0 aliphatic carbocycles. The molecular weight excluding hydrogens is 232 g/mol. The Balaban J connectivity index is 2.61. The van der Waals surface area contributed by atoms with Gasteiger partial charge >= 0.3 is 11.9 Å². The molecule has 0 atom stereocenters. The number of hydrogen-bond acceptors (Lipinski definition) is 4. The third kappa shape index (κ3) is 4.05. The third-order valence-corrected chi connectivity index (χ3v) is 2.19. The molecule has 0 bridgehead atoms. The first kappa shape index (κ1) is 14.0. The lowest BCUT2D eigenvalue weighted by Crippen LogP contribution is -2.08. The standard InChI is InChI=1S/C14H16O4/c1-3-5-10-18-14(16)12-8-6-11(7-9-12)13(15)17-4-2/h3,6-9H,1,4-5,10H2,2H3. The number of benzene rings is 1. The Bertz CT molecular complexity index is 420. The molecule has 4 nitrogen and oxygen atoms in total. The zero-order valence-electron chi connectivity index (χ0n) is 10.3. The van der Waals surface area contributed by atoms with Crippen molar-refractivity contribution >= 4 is 11.9 Å². The minimum Gasteiger partial charge on any atom is -0.462 e. The molecule has 0 N–H and O–H groups in total. The second-order valence-electron chi connectivity index (χ2n) is 3.51. The summed E-state index contributed by atoms with van der Waals surface area (Å²) in [5.41, 5.74) is 0.826. The Morgan fingerprint density at radius 1 is 1.11 bits per heavy atom. The lowest BCUT2D eigenvalue weighted by Gasteiger charge is -2.04. The molecule has 4 heteroatoms. The van der Waals surface area contributed by atoms with Crippen molar-refractivity contribution in [2.75, 3.05) is 13.2 Å². The van der Waals surface area contributed by atoms with Gasteiger partial charge < -0.3 is 9.47 Å². The Morgan fingerprint density at radius 3 is 2.06 bits per heavy atom. The number of rotatable bonds is 6. The van der Waals surface area contributed by atoms with E-state index < -0.39 is 11.9 Å². The molecule has 0 aromatic heterocycles. The van der Waals surface area contributed by atoms with Crippen molar-refractivity contribution in [1.82, 2.24) is 0 Å². The highest BCUT2D eigenvalue weighted by molar-refractivity contribution is 5.93. The van der Waals surface area contributed by atoms with Gasteiger partial charge in [0.1, 0.15) is 0 Å². The number of hydrogen-bond donors (Lipinski definition) is 0. The fourth-order valence-corrected chi connectivity index (χ4v) is 1.28. The molecule has 0 aliphatic rings. The van der Waals surface area contributed by atoms with Crippen LogP contribution in [0.25, 0.3) is 0 Å². The average Bonchev–Trinajstić information content (AvgIpc) is 2.39. The van der Waals surface area contributed by atoms with Crippen LogP contribution in [0.2, 0.25) is 0 Å². The lowest BCUT2D eigenvalue weighted by molar-refractivity contribution is 0.0502. The Morgan fingerprint density at radius 2 is 1.61 bits per heavy atom. The monoisotopic (exact) mass is 248 g/mol. The van der Waals surface area contributed by atoms with Gasteiger partial charge in [0.05, 0.1) is 24.3 Å². The maximum Gasteiger partial charge on any atom is 0.338 e. The Labute approximate surface area is 106 Å². The molecule has 0 fully saturated rings. The molecule has 96 valence electrons. The normalized spacial score (nSPS) is 9.61. The summed E-state index contributed by atoms with van der Waals surface area (Å²) in [5.74, 6) is -0.809. The highest BCUT2D eigenvalue weighted by Gasteiger charge is 2.09. The first-order chi connectivity index (χ1) is 8.69. The van der Waals surface area contributed by atoms with Gasteiger partial charge in [0.25, 0.3) is 0 Å². The largest absolute Gasteiger partial charge is 0.462 e. The third-order valence-electron chi connectivity index (χ3n) is 2.19. The molecule has 1 aromatic rings. The van der Waals surface area contributed by atoms with Crippen LogP contribution in [0.15, 0.2) is 36.9 Å². The van der Waals surface area contributed by atoms with Crippen LogP contribution >= 0.6 is 0 Å². The summed E-state index contributed by atoms with van der Waals surface area (Å²) in [5, 5.41) is 0. The van der Waals surface area contributed by atoms with Crippen molar-refractivity contribution < 1.29 is 19.1 Å². The predicted molar refractivity (Wildman–Crippen MR) is 67.5 cm³/mol. The lowest BCUT2D eigenvalue weighted by atomic mass is 10.1. The molecule has 0 heterocycles. The van der Waals surface area contributed by atoms with Crippen molar-refractivity contribution in [2.45, 2.75) is 13.3 Å². The SMILES string of the molecule is C=CCCOC(=O)c1ccc(C(=O)OCC)cc1. The van der Waals surface area contributed by atoms with E-state index >= 15 is 0 Å². The fraction of sp³-hybridized carbons (Fsp3) is 0.286. The second kappa shape index (κ2) is 7.27. The van der Waals surface area contributed by atoms with Gasteiger partial charge in [-0.1, -0.05) is 6.08 Å². The average molecular weight is 248 g/mol. The summed E-state index contributed by atoms with van der Waals surface area (Å²) in [7, 11) is 0. The van der Waals surface area contributed by atoms with Crippen LogP contribution in [0.3, 0.4) is 0 Å². The maximum atomic E-state index is 11.6. The highest BCUT2D eigenvalue weighted by Crippen LogP contribution is 2.07.